The number of thioether (sulfide) groups is 1. The van der Waals surface area contributed by atoms with Crippen LogP contribution in [0.1, 0.15) is 34.2 Å². The maximum atomic E-state index is 13.1. The molecular formula is C27H27FN4O4S2. The Labute approximate surface area is 228 Å². The highest BCUT2D eigenvalue weighted by Gasteiger charge is 2.23. The molecule has 0 saturated heterocycles. The second-order valence-corrected chi connectivity index (χ2v) is 10.2. The van der Waals surface area contributed by atoms with Gasteiger partial charge in [-0.3, -0.25) is 4.79 Å². The largest absolute Gasteiger partial charge is 0.486 e. The molecule has 1 N–H and O–H groups in total. The molecule has 198 valence electrons. The molecule has 0 radical (unpaired) electrons. The fourth-order valence-electron chi connectivity index (χ4n) is 3.80. The van der Waals surface area contributed by atoms with E-state index in [0.29, 0.717) is 33.8 Å². The van der Waals surface area contributed by atoms with Gasteiger partial charge in [-0.25, -0.2) is 9.18 Å². The van der Waals surface area contributed by atoms with Crippen molar-refractivity contribution in [2.24, 2.45) is 0 Å². The normalized spacial score (nSPS) is 10.9. The SMILES string of the molecule is CCn1c(COc2ccc(F)cc2)nnc1SCC(=O)Nc1scc(-c2cc(C)ccc2C)c1C(=O)OC. The lowest BCUT2D eigenvalue weighted by molar-refractivity contribution is -0.113. The molecule has 0 spiro atoms. The Morgan fingerprint density at radius 2 is 1.87 bits per heavy atom. The molecule has 38 heavy (non-hydrogen) atoms. The average molecular weight is 555 g/mol. The molecule has 2 aromatic heterocycles. The van der Waals surface area contributed by atoms with Crippen molar-refractivity contribution in [3.8, 4) is 16.9 Å². The number of thiophene rings is 1. The summed E-state index contributed by atoms with van der Waals surface area (Å²) in [4.78, 5) is 25.6. The fourth-order valence-corrected chi connectivity index (χ4v) is 5.59. The number of aryl methyl sites for hydroxylation is 2. The zero-order valence-electron chi connectivity index (χ0n) is 21.4. The van der Waals surface area contributed by atoms with Gasteiger partial charge in [-0.1, -0.05) is 35.5 Å². The first-order chi connectivity index (χ1) is 18.3. The van der Waals surface area contributed by atoms with E-state index in [1.165, 1.54) is 42.3 Å². The van der Waals surface area contributed by atoms with E-state index in [2.05, 4.69) is 15.5 Å². The summed E-state index contributed by atoms with van der Waals surface area (Å²) >= 11 is 2.51. The second kappa shape index (κ2) is 12.2. The van der Waals surface area contributed by atoms with Crippen LogP contribution in [0.2, 0.25) is 0 Å². The fraction of sp³-hybridized carbons (Fsp3) is 0.259. The first kappa shape index (κ1) is 27.3. The van der Waals surface area contributed by atoms with E-state index in [1.54, 1.807) is 12.1 Å². The number of nitrogens with zero attached hydrogens (tertiary/aromatic N) is 3. The third kappa shape index (κ3) is 6.22. The number of hydrogen-bond acceptors (Lipinski definition) is 8. The van der Waals surface area contributed by atoms with Crippen LogP contribution in [0.4, 0.5) is 9.39 Å². The molecule has 2 aromatic carbocycles. The van der Waals surface area contributed by atoms with Gasteiger partial charge in [-0.2, -0.15) is 0 Å². The Morgan fingerprint density at radius 3 is 2.58 bits per heavy atom. The highest BCUT2D eigenvalue weighted by atomic mass is 32.2. The van der Waals surface area contributed by atoms with Crippen LogP contribution in [0, 0.1) is 19.7 Å². The number of benzene rings is 2. The molecule has 0 aliphatic heterocycles. The number of amides is 1. The van der Waals surface area contributed by atoms with Crippen LogP contribution in [0.5, 0.6) is 5.75 Å². The lowest BCUT2D eigenvalue weighted by Gasteiger charge is -2.10. The summed E-state index contributed by atoms with van der Waals surface area (Å²) in [5, 5.41) is 14.1. The van der Waals surface area contributed by atoms with Crippen molar-refractivity contribution in [2.75, 3.05) is 18.2 Å². The highest BCUT2D eigenvalue weighted by Crippen LogP contribution is 2.38. The van der Waals surface area contributed by atoms with Crippen LogP contribution in [-0.4, -0.2) is 39.5 Å². The van der Waals surface area contributed by atoms with E-state index in [0.717, 1.165) is 22.3 Å². The van der Waals surface area contributed by atoms with E-state index in [1.807, 2.05) is 48.9 Å². The van der Waals surface area contributed by atoms with Crippen molar-refractivity contribution < 1.29 is 23.5 Å². The minimum Gasteiger partial charge on any atom is -0.486 e. The number of halogens is 1. The first-order valence-electron chi connectivity index (χ1n) is 11.8. The monoisotopic (exact) mass is 554 g/mol. The molecule has 1 amide bonds. The molecule has 0 fully saturated rings. The van der Waals surface area contributed by atoms with E-state index in [4.69, 9.17) is 9.47 Å². The molecule has 4 rings (SSSR count). The number of hydrogen-bond donors (Lipinski definition) is 1. The van der Waals surface area contributed by atoms with Gasteiger partial charge >= 0.3 is 5.97 Å². The Morgan fingerprint density at radius 1 is 1.11 bits per heavy atom. The Balaban J connectivity index is 1.45. The quantitative estimate of drug-likeness (QED) is 0.193. The van der Waals surface area contributed by atoms with Crippen LogP contribution >= 0.6 is 23.1 Å². The third-order valence-electron chi connectivity index (χ3n) is 5.74. The van der Waals surface area contributed by atoms with E-state index < -0.39 is 5.97 Å². The molecule has 11 heteroatoms. The van der Waals surface area contributed by atoms with Crippen molar-refractivity contribution in [1.82, 2.24) is 14.8 Å². The van der Waals surface area contributed by atoms with Crippen LogP contribution in [0.15, 0.2) is 53.0 Å². The van der Waals surface area contributed by atoms with Gasteiger partial charge < -0.3 is 19.4 Å². The zero-order valence-corrected chi connectivity index (χ0v) is 23.0. The van der Waals surface area contributed by atoms with Crippen LogP contribution in [-0.2, 0) is 22.7 Å². The van der Waals surface area contributed by atoms with Gasteiger partial charge in [0.2, 0.25) is 5.91 Å². The van der Waals surface area contributed by atoms with Crippen LogP contribution in [0.25, 0.3) is 11.1 Å². The van der Waals surface area contributed by atoms with Crippen molar-refractivity contribution in [3.63, 3.8) is 0 Å². The van der Waals surface area contributed by atoms with Gasteiger partial charge in [0.25, 0.3) is 0 Å². The van der Waals surface area contributed by atoms with E-state index >= 15 is 0 Å². The van der Waals surface area contributed by atoms with Crippen molar-refractivity contribution >= 4 is 40.0 Å². The van der Waals surface area contributed by atoms with Crippen LogP contribution < -0.4 is 10.1 Å². The number of anilines is 1. The van der Waals surface area contributed by atoms with Crippen molar-refractivity contribution in [2.45, 2.75) is 39.1 Å². The molecule has 0 atom stereocenters. The Hall–Kier alpha value is -3.70. The summed E-state index contributed by atoms with van der Waals surface area (Å²) in [6.45, 7) is 6.64. The maximum absolute atomic E-state index is 13.1. The van der Waals surface area contributed by atoms with Gasteiger partial charge in [0, 0.05) is 17.5 Å². The van der Waals surface area contributed by atoms with Crippen molar-refractivity contribution in [1.29, 1.82) is 0 Å². The smallest absolute Gasteiger partial charge is 0.341 e. The predicted octanol–water partition coefficient (Wildman–Crippen LogP) is 5.88. The number of rotatable bonds is 10. The summed E-state index contributed by atoms with van der Waals surface area (Å²) in [6, 6.07) is 11.8. The average Bonchev–Trinajstić information content (AvgIpc) is 3.51. The first-order valence-corrected chi connectivity index (χ1v) is 13.7. The zero-order chi connectivity index (χ0) is 27.2. The van der Waals surface area contributed by atoms with Gasteiger partial charge in [-0.15, -0.1) is 21.5 Å². The molecule has 8 nitrogen and oxygen atoms in total. The summed E-state index contributed by atoms with van der Waals surface area (Å²) in [5.74, 6) is 0.0286. The van der Waals surface area contributed by atoms with E-state index in [-0.39, 0.29) is 24.1 Å². The minimum absolute atomic E-state index is 0.0638. The van der Waals surface area contributed by atoms with Crippen molar-refractivity contribution in [3.05, 3.63) is 76.2 Å². The molecule has 0 aliphatic carbocycles. The third-order valence-corrected chi connectivity index (χ3v) is 7.60. The van der Waals surface area contributed by atoms with Gasteiger partial charge in [0.1, 0.15) is 28.7 Å². The number of methoxy groups -OCH3 is 1. The lowest BCUT2D eigenvalue weighted by atomic mass is 9.97. The summed E-state index contributed by atoms with van der Waals surface area (Å²) in [5.41, 5.74) is 4.06. The molecule has 0 aliphatic rings. The number of ether oxygens (including phenoxy) is 2. The molecule has 0 unspecified atom stereocenters. The summed E-state index contributed by atoms with van der Waals surface area (Å²) in [7, 11) is 1.32. The number of esters is 1. The van der Waals surface area contributed by atoms with E-state index in [9.17, 15) is 14.0 Å². The number of carbonyl (C=O) groups excluding carboxylic acids is 2. The Bertz CT molecular complexity index is 1450. The predicted molar refractivity (Wildman–Crippen MR) is 146 cm³/mol. The van der Waals surface area contributed by atoms with Gasteiger partial charge in [0.15, 0.2) is 11.0 Å². The number of carbonyl (C=O) groups is 2. The standard InChI is InChI=1S/C27H27FN4O4S2/c1-5-32-22(13-36-19-10-8-18(28)9-11-19)30-31-27(32)38-15-23(33)29-25-24(26(34)35-4)21(14-37-25)20-12-16(2)6-7-17(20)3/h6-12,14H,5,13,15H2,1-4H3,(H,29,33). The lowest BCUT2D eigenvalue weighted by Crippen LogP contribution is -2.16. The summed E-state index contributed by atoms with van der Waals surface area (Å²) < 4.78 is 25.7. The molecule has 4 aromatic rings. The molecule has 2 heterocycles. The Kier molecular flexibility index (Phi) is 8.80. The molecular weight excluding hydrogens is 527 g/mol. The van der Waals surface area contributed by atoms with Gasteiger partial charge in [-0.05, 0) is 56.2 Å². The maximum Gasteiger partial charge on any atom is 0.341 e. The molecule has 0 bridgehead atoms. The number of nitrogens with one attached hydrogen (secondary N) is 1. The molecule has 0 saturated carbocycles. The van der Waals surface area contributed by atoms with Crippen LogP contribution in [0.3, 0.4) is 0 Å². The highest BCUT2D eigenvalue weighted by molar-refractivity contribution is 7.99. The van der Waals surface area contributed by atoms with Gasteiger partial charge in [0.05, 0.1) is 12.9 Å². The number of aromatic nitrogens is 3. The topological polar surface area (TPSA) is 95.3 Å². The summed E-state index contributed by atoms with van der Waals surface area (Å²) in [6.07, 6.45) is 0. The second-order valence-electron chi connectivity index (χ2n) is 8.39. The minimum atomic E-state index is -0.512.